The summed E-state index contributed by atoms with van der Waals surface area (Å²) in [4.78, 5) is 41.2. The Hall–Kier alpha value is -3.37. The monoisotopic (exact) mass is 434 g/mol. The maximum absolute atomic E-state index is 12.2. The van der Waals surface area contributed by atoms with E-state index in [0.717, 1.165) is 5.56 Å². The molecule has 0 saturated carbocycles. The third-order valence-corrected chi connectivity index (χ3v) is 5.01. The quantitative estimate of drug-likeness (QED) is 0.403. The second-order valence-electron chi connectivity index (χ2n) is 5.84. The lowest BCUT2D eigenvalue weighted by molar-refractivity contribution is 0.0686. The number of nitrogens with zero attached hydrogens (tertiary/aromatic N) is 1. The van der Waals surface area contributed by atoms with Crippen LogP contribution in [-0.4, -0.2) is 38.7 Å². The number of aromatic carboxylic acids is 1. The number of nitrogens with one attached hydrogen (secondary N) is 3. The number of carboxylic acids is 1. The number of anilines is 1. The molecule has 2 heterocycles. The molecule has 0 spiro atoms. The van der Waals surface area contributed by atoms with E-state index >= 15 is 0 Å². The molecule has 0 atom stereocenters. The number of hydrogen-bond donors (Lipinski definition) is 5. The second kappa shape index (κ2) is 8.76. The van der Waals surface area contributed by atoms with Crippen LogP contribution in [0.3, 0.4) is 0 Å². The minimum Gasteiger partial charge on any atom is -0.501 e. The van der Waals surface area contributed by atoms with Gasteiger partial charge >= 0.3 is 12.0 Å². The van der Waals surface area contributed by atoms with Crippen molar-refractivity contribution in [2.75, 3.05) is 11.9 Å². The molecule has 0 radical (unpaired) electrons. The summed E-state index contributed by atoms with van der Waals surface area (Å²) in [7, 11) is 0. The Bertz CT molecular complexity index is 1130. The lowest BCUT2D eigenvalue weighted by atomic mass is 10.1. The van der Waals surface area contributed by atoms with Gasteiger partial charge in [0.2, 0.25) is 5.75 Å². The fraction of sp³-hybridized carbons (Fsp3) is 0.111. The zero-order valence-electron chi connectivity index (χ0n) is 14.7. The van der Waals surface area contributed by atoms with Crippen LogP contribution in [0.1, 0.15) is 16.1 Å². The maximum atomic E-state index is 12.2. The fourth-order valence-electron chi connectivity index (χ4n) is 2.50. The first-order valence-corrected chi connectivity index (χ1v) is 9.60. The molecule has 0 aliphatic carbocycles. The molecule has 0 aliphatic rings. The van der Waals surface area contributed by atoms with Gasteiger partial charge in [-0.15, -0.1) is 11.3 Å². The van der Waals surface area contributed by atoms with Gasteiger partial charge in [0.05, 0.1) is 11.3 Å². The number of thiophene rings is 1. The van der Waals surface area contributed by atoms with Gasteiger partial charge in [-0.2, -0.15) is 0 Å². The summed E-state index contributed by atoms with van der Waals surface area (Å²) >= 11 is 7.30. The highest BCUT2D eigenvalue weighted by Crippen LogP contribution is 2.29. The second-order valence-corrected chi connectivity index (χ2v) is 6.99. The maximum Gasteiger partial charge on any atom is 0.358 e. The van der Waals surface area contributed by atoms with Gasteiger partial charge in [0.25, 0.3) is 5.56 Å². The average molecular weight is 435 g/mol. The number of aromatic hydroxyl groups is 1. The molecule has 3 aromatic rings. The van der Waals surface area contributed by atoms with Crippen LogP contribution in [0.15, 0.2) is 39.8 Å². The number of amides is 2. The number of halogens is 1. The molecule has 0 saturated heterocycles. The Balaban J connectivity index is 1.71. The number of carbonyl (C=O) groups excluding carboxylic acids is 1. The van der Waals surface area contributed by atoms with Crippen molar-refractivity contribution >= 4 is 40.6 Å². The first kappa shape index (κ1) is 20.4. The van der Waals surface area contributed by atoms with Gasteiger partial charge in [-0.3, -0.25) is 4.79 Å². The highest BCUT2D eigenvalue weighted by atomic mass is 35.5. The summed E-state index contributed by atoms with van der Waals surface area (Å²) in [5.41, 5.74) is -0.220. The van der Waals surface area contributed by atoms with Crippen LogP contribution in [0.5, 0.6) is 5.75 Å². The van der Waals surface area contributed by atoms with Gasteiger partial charge in [0.15, 0.2) is 5.69 Å². The number of aromatic amines is 1. The molecule has 1 aromatic carbocycles. The Morgan fingerprint density at radius 3 is 2.72 bits per heavy atom. The van der Waals surface area contributed by atoms with E-state index in [0.29, 0.717) is 29.2 Å². The Morgan fingerprint density at radius 2 is 2.00 bits per heavy atom. The number of hydrogen-bond acceptors (Lipinski definition) is 6. The molecule has 0 unspecified atom stereocenters. The van der Waals surface area contributed by atoms with Crippen molar-refractivity contribution in [3.05, 3.63) is 61.7 Å². The van der Waals surface area contributed by atoms with Crippen molar-refractivity contribution in [2.24, 2.45) is 0 Å². The van der Waals surface area contributed by atoms with Crippen molar-refractivity contribution in [3.8, 4) is 17.1 Å². The highest BCUT2D eigenvalue weighted by molar-refractivity contribution is 7.08. The van der Waals surface area contributed by atoms with Gasteiger partial charge < -0.3 is 25.8 Å². The number of urea groups is 1. The first-order chi connectivity index (χ1) is 13.9. The molecular weight excluding hydrogens is 420 g/mol. The van der Waals surface area contributed by atoms with E-state index in [4.69, 9.17) is 16.7 Å². The number of aromatic nitrogens is 2. The van der Waals surface area contributed by atoms with Crippen molar-refractivity contribution in [3.63, 3.8) is 0 Å². The van der Waals surface area contributed by atoms with E-state index in [9.17, 15) is 19.5 Å². The SMILES string of the molecule is O=C(NCCc1ccccc1Cl)Nc1cscc1-c1nc(C(=O)O)c(O)c(=O)[nH]1. The van der Waals surface area contributed by atoms with Crippen LogP contribution in [0.25, 0.3) is 11.4 Å². The van der Waals surface area contributed by atoms with Crippen LogP contribution in [0.2, 0.25) is 5.02 Å². The molecule has 2 aromatic heterocycles. The number of rotatable bonds is 6. The van der Waals surface area contributed by atoms with E-state index in [1.165, 1.54) is 11.3 Å². The van der Waals surface area contributed by atoms with Gasteiger partial charge in [0.1, 0.15) is 5.82 Å². The molecule has 0 fully saturated rings. The molecule has 0 bridgehead atoms. The van der Waals surface area contributed by atoms with Crippen molar-refractivity contribution in [1.82, 2.24) is 15.3 Å². The predicted octanol–water partition coefficient (Wildman–Crippen LogP) is 2.92. The average Bonchev–Trinajstić information content (AvgIpc) is 3.13. The fourth-order valence-corrected chi connectivity index (χ4v) is 3.49. The molecular formula is C18H15ClN4O5S. The topological polar surface area (TPSA) is 144 Å². The van der Waals surface area contributed by atoms with Gasteiger partial charge in [-0.25, -0.2) is 14.6 Å². The first-order valence-electron chi connectivity index (χ1n) is 8.28. The summed E-state index contributed by atoms with van der Waals surface area (Å²) in [5.74, 6) is -2.61. The van der Waals surface area contributed by atoms with Crippen LogP contribution >= 0.6 is 22.9 Å². The third kappa shape index (κ3) is 4.73. The van der Waals surface area contributed by atoms with E-state index in [1.807, 2.05) is 18.2 Å². The standard InChI is InChI=1S/C18H15ClN4O5S/c19-11-4-2-1-3-9(11)5-6-20-18(28)21-12-8-29-7-10(12)15-22-13(17(26)27)14(24)16(25)23-15/h1-4,7-8,24H,5-6H2,(H,26,27)(H2,20,21,28)(H,22,23,25). The third-order valence-electron chi connectivity index (χ3n) is 3.90. The minimum atomic E-state index is -1.54. The van der Waals surface area contributed by atoms with Gasteiger partial charge in [0, 0.05) is 22.3 Å². The summed E-state index contributed by atoms with van der Waals surface area (Å²) in [6, 6.07) is 6.82. The molecule has 3 rings (SSSR count). The van der Waals surface area contributed by atoms with Gasteiger partial charge in [-0.1, -0.05) is 29.8 Å². The summed E-state index contributed by atoms with van der Waals surface area (Å²) < 4.78 is 0. The molecule has 9 nitrogen and oxygen atoms in total. The molecule has 29 heavy (non-hydrogen) atoms. The van der Waals surface area contributed by atoms with Crippen LogP contribution < -0.4 is 16.2 Å². The molecule has 150 valence electrons. The highest BCUT2D eigenvalue weighted by Gasteiger charge is 2.19. The summed E-state index contributed by atoms with van der Waals surface area (Å²) in [6.07, 6.45) is 0.540. The van der Waals surface area contributed by atoms with E-state index in [-0.39, 0.29) is 5.82 Å². The van der Waals surface area contributed by atoms with Crippen molar-refractivity contribution in [1.29, 1.82) is 0 Å². The van der Waals surface area contributed by atoms with Gasteiger partial charge in [-0.05, 0) is 18.1 Å². The molecule has 0 aliphatic heterocycles. The zero-order valence-corrected chi connectivity index (χ0v) is 16.3. The lowest BCUT2D eigenvalue weighted by Crippen LogP contribution is -2.30. The molecule has 11 heteroatoms. The van der Waals surface area contributed by atoms with Crippen LogP contribution in [0.4, 0.5) is 10.5 Å². The number of benzene rings is 1. The van der Waals surface area contributed by atoms with Crippen molar-refractivity contribution in [2.45, 2.75) is 6.42 Å². The van der Waals surface area contributed by atoms with Crippen LogP contribution in [0, 0.1) is 0 Å². The summed E-state index contributed by atoms with van der Waals surface area (Å²) in [6.45, 7) is 0.340. The smallest absolute Gasteiger partial charge is 0.358 e. The predicted molar refractivity (Wildman–Crippen MR) is 109 cm³/mol. The summed E-state index contributed by atoms with van der Waals surface area (Å²) in [5, 5.41) is 27.7. The Labute approximate surface area is 173 Å². The van der Waals surface area contributed by atoms with Crippen molar-refractivity contribution < 1.29 is 19.8 Å². The van der Waals surface area contributed by atoms with E-state index in [1.54, 1.807) is 16.8 Å². The Kier molecular flexibility index (Phi) is 6.15. The normalized spacial score (nSPS) is 10.5. The number of carbonyl (C=O) groups is 2. The number of H-pyrrole nitrogens is 1. The minimum absolute atomic E-state index is 0.0854. The van der Waals surface area contributed by atoms with E-state index in [2.05, 4.69) is 20.6 Å². The number of carboxylic acid groups (broad SMARTS) is 1. The zero-order chi connectivity index (χ0) is 21.0. The van der Waals surface area contributed by atoms with Crippen LogP contribution in [-0.2, 0) is 6.42 Å². The molecule has 2 amide bonds. The molecule has 5 N–H and O–H groups in total. The Morgan fingerprint density at radius 1 is 1.24 bits per heavy atom. The largest absolute Gasteiger partial charge is 0.501 e. The van der Waals surface area contributed by atoms with E-state index < -0.39 is 29.0 Å². The lowest BCUT2D eigenvalue weighted by Gasteiger charge is -2.09.